The summed E-state index contributed by atoms with van der Waals surface area (Å²) in [6, 6.07) is 16.1. The van der Waals surface area contributed by atoms with Crippen LogP contribution in [-0.4, -0.2) is 26.7 Å². The molecular formula is C23H21F2N5O2. The second kappa shape index (κ2) is 10.3. The molecule has 3 aromatic carbocycles. The van der Waals surface area contributed by atoms with Gasteiger partial charge < -0.3 is 9.64 Å². The van der Waals surface area contributed by atoms with Crippen molar-refractivity contribution >= 4 is 34.4 Å². The zero-order chi connectivity index (χ0) is 23.1. The Morgan fingerprint density at radius 1 is 0.781 bits per heavy atom. The van der Waals surface area contributed by atoms with Crippen molar-refractivity contribution in [3.63, 3.8) is 0 Å². The third-order valence-electron chi connectivity index (χ3n) is 4.28. The Morgan fingerprint density at radius 3 is 1.59 bits per heavy atom. The fourth-order valence-electron chi connectivity index (χ4n) is 2.65. The number of ether oxygens (including phenoxy) is 1. The first kappa shape index (κ1) is 22.7. The van der Waals surface area contributed by atoms with Gasteiger partial charge in [-0.1, -0.05) is 0 Å². The summed E-state index contributed by atoms with van der Waals surface area (Å²) in [6.07, 6.45) is 0. The number of halogens is 2. The van der Waals surface area contributed by atoms with Crippen LogP contribution >= 0.6 is 0 Å². The number of carbonyl (C=O) groups is 1. The van der Waals surface area contributed by atoms with Crippen molar-refractivity contribution < 1.29 is 18.3 Å². The zero-order valence-electron chi connectivity index (χ0n) is 17.8. The molecule has 3 rings (SSSR count). The molecule has 32 heavy (non-hydrogen) atoms. The minimum absolute atomic E-state index is 0.0114. The quantitative estimate of drug-likeness (QED) is 0.294. The topological polar surface area (TPSA) is 79.0 Å². The minimum atomic E-state index is -1.07. The number of hydrogen-bond acceptors (Lipinski definition) is 7. The van der Waals surface area contributed by atoms with Crippen LogP contribution in [-0.2, 0) is 4.74 Å². The van der Waals surface area contributed by atoms with E-state index in [0.29, 0.717) is 11.4 Å². The molecule has 0 heterocycles. The highest BCUT2D eigenvalue weighted by Crippen LogP contribution is 2.26. The van der Waals surface area contributed by atoms with E-state index < -0.39 is 23.2 Å². The van der Waals surface area contributed by atoms with Crippen LogP contribution in [0.5, 0.6) is 0 Å². The number of carbonyl (C=O) groups excluding carboxylic acids is 1. The van der Waals surface area contributed by atoms with Gasteiger partial charge >= 0.3 is 5.97 Å². The van der Waals surface area contributed by atoms with Crippen molar-refractivity contribution in [2.75, 3.05) is 25.6 Å². The van der Waals surface area contributed by atoms with Crippen LogP contribution in [0.25, 0.3) is 0 Å². The van der Waals surface area contributed by atoms with Crippen molar-refractivity contribution in [2.45, 2.75) is 6.92 Å². The lowest BCUT2D eigenvalue weighted by atomic mass is 10.2. The van der Waals surface area contributed by atoms with Gasteiger partial charge in [-0.15, -0.1) is 0 Å². The fourth-order valence-corrected chi connectivity index (χ4v) is 2.65. The van der Waals surface area contributed by atoms with E-state index in [1.165, 1.54) is 0 Å². The summed E-state index contributed by atoms with van der Waals surface area (Å²) >= 11 is 0. The van der Waals surface area contributed by atoms with E-state index in [9.17, 15) is 13.6 Å². The molecule has 0 N–H and O–H groups in total. The lowest BCUT2D eigenvalue weighted by molar-refractivity contribution is 0.0515. The lowest BCUT2D eigenvalue weighted by Crippen LogP contribution is -2.09. The molecule has 0 aromatic heterocycles. The van der Waals surface area contributed by atoms with Gasteiger partial charge in [0.05, 0.1) is 29.4 Å². The summed E-state index contributed by atoms with van der Waals surface area (Å²) in [5.41, 5.74) is 2.02. The lowest BCUT2D eigenvalue weighted by Gasteiger charge is -2.11. The minimum Gasteiger partial charge on any atom is -0.462 e. The number of rotatable bonds is 7. The highest BCUT2D eigenvalue weighted by atomic mass is 19.1. The Hall–Kier alpha value is -4.01. The highest BCUT2D eigenvalue weighted by molar-refractivity contribution is 5.90. The third kappa shape index (κ3) is 5.78. The predicted molar refractivity (Wildman–Crippen MR) is 118 cm³/mol. The van der Waals surface area contributed by atoms with Crippen molar-refractivity contribution in [1.82, 2.24) is 0 Å². The van der Waals surface area contributed by atoms with E-state index in [-0.39, 0.29) is 12.3 Å². The molecule has 0 unspecified atom stereocenters. The van der Waals surface area contributed by atoms with E-state index in [2.05, 4.69) is 25.2 Å². The molecule has 0 aliphatic rings. The molecule has 3 aromatic rings. The van der Waals surface area contributed by atoms with Crippen LogP contribution in [0.2, 0.25) is 0 Å². The zero-order valence-corrected chi connectivity index (χ0v) is 17.8. The maximum atomic E-state index is 14.1. The van der Waals surface area contributed by atoms with Crippen LogP contribution < -0.4 is 4.90 Å². The van der Waals surface area contributed by atoms with Crippen molar-refractivity contribution in [3.05, 3.63) is 77.9 Å². The van der Waals surface area contributed by atoms with Crippen LogP contribution in [0, 0.1) is 11.6 Å². The first-order valence-corrected chi connectivity index (χ1v) is 9.74. The summed E-state index contributed by atoms with van der Waals surface area (Å²) in [7, 11) is 3.92. The van der Waals surface area contributed by atoms with Gasteiger partial charge in [0, 0.05) is 31.9 Å². The predicted octanol–water partition coefficient (Wildman–Crippen LogP) is 7.04. The molecule has 9 heteroatoms. The Labute approximate surface area is 184 Å². The van der Waals surface area contributed by atoms with E-state index in [1.807, 2.05) is 43.3 Å². The smallest absolute Gasteiger partial charge is 0.344 e. The first-order chi connectivity index (χ1) is 15.4. The number of hydrogen-bond donors (Lipinski definition) is 0. The standard InChI is InChI=1S/C23H21F2N5O2/c1-4-32-23(31)22-20(24)13-18(14-21(22)25)29-28-16-7-5-15(6-8-16)26-27-17-9-11-19(12-10-17)30(2)3/h5-14H,4H2,1-3H3. The van der Waals surface area contributed by atoms with Crippen molar-refractivity contribution in [3.8, 4) is 0 Å². The number of azo groups is 2. The largest absolute Gasteiger partial charge is 0.462 e. The SMILES string of the molecule is CCOC(=O)c1c(F)cc(N=Nc2ccc(N=Nc3ccc(N(C)C)cc3)cc2)cc1F. The van der Waals surface area contributed by atoms with Gasteiger partial charge in [-0.05, 0) is 55.5 Å². The maximum absolute atomic E-state index is 14.1. The summed E-state index contributed by atoms with van der Waals surface area (Å²) in [6.45, 7) is 1.56. The number of esters is 1. The molecule has 164 valence electrons. The molecule has 0 radical (unpaired) electrons. The number of anilines is 1. The van der Waals surface area contributed by atoms with Gasteiger partial charge in [0.2, 0.25) is 0 Å². The first-order valence-electron chi connectivity index (χ1n) is 9.74. The molecule has 0 saturated heterocycles. The Bertz CT molecular complexity index is 1120. The van der Waals surface area contributed by atoms with Crippen LogP contribution in [0.15, 0.2) is 81.1 Å². The molecule has 0 aliphatic heterocycles. The molecule has 7 nitrogen and oxygen atoms in total. The normalized spacial score (nSPS) is 11.3. The molecule has 0 atom stereocenters. The van der Waals surface area contributed by atoms with Gasteiger partial charge in [0.15, 0.2) is 0 Å². The summed E-state index contributed by atoms with van der Waals surface area (Å²) in [5, 5.41) is 16.1. The molecule has 0 saturated carbocycles. The molecule has 0 amide bonds. The average molecular weight is 437 g/mol. The van der Waals surface area contributed by atoms with Crippen LogP contribution in [0.4, 0.5) is 37.2 Å². The molecule has 0 aliphatic carbocycles. The molecule has 0 fully saturated rings. The summed E-state index contributed by atoms with van der Waals surface area (Å²) in [5.74, 6) is -3.19. The number of benzene rings is 3. The fraction of sp³-hybridized carbons (Fsp3) is 0.174. The Balaban J connectivity index is 1.68. The summed E-state index contributed by atoms with van der Waals surface area (Å²) < 4.78 is 32.8. The van der Waals surface area contributed by atoms with Crippen molar-refractivity contribution in [2.24, 2.45) is 20.5 Å². The molecule has 0 bridgehead atoms. The average Bonchev–Trinajstić information content (AvgIpc) is 2.77. The van der Waals surface area contributed by atoms with E-state index in [4.69, 9.17) is 0 Å². The molecular weight excluding hydrogens is 416 g/mol. The molecule has 0 spiro atoms. The van der Waals surface area contributed by atoms with Crippen LogP contribution in [0.1, 0.15) is 17.3 Å². The van der Waals surface area contributed by atoms with E-state index in [1.54, 1.807) is 31.2 Å². The summed E-state index contributed by atoms with van der Waals surface area (Å²) in [4.78, 5) is 13.6. The van der Waals surface area contributed by atoms with Gasteiger partial charge in [0.1, 0.15) is 17.2 Å². The number of nitrogens with zero attached hydrogens (tertiary/aromatic N) is 5. The van der Waals surface area contributed by atoms with Crippen LogP contribution in [0.3, 0.4) is 0 Å². The van der Waals surface area contributed by atoms with E-state index >= 15 is 0 Å². The third-order valence-corrected chi connectivity index (χ3v) is 4.28. The monoisotopic (exact) mass is 437 g/mol. The van der Waals surface area contributed by atoms with Gasteiger partial charge in [-0.3, -0.25) is 0 Å². The van der Waals surface area contributed by atoms with E-state index in [0.717, 1.165) is 23.5 Å². The van der Waals surface area contributed by atoms with Gasteiger partial charge in [-0.2, -0.15) is 20.5 Å². The Kier molecular flexibility index (Phi) is 7.33. The second-order valence-electron chi connectivity index (χ2n) is 6.83. The highest BCUT2D eigenvalue weighted by Gasteiger charge is 2.19. The van der Waals surface area contributed by atoms with Gasteiger partial charge in [0.25, 0.3) is 0 Å². The Morgan fingerprint density at radius 2 is 1.19 bits per heavy atom. The second-order valence-corrected chi connectivity index (χ2v) is 6.83. The maximum Gasteiger partial charge on any atom is 0.344 e. The van der Waals surface area contributed by atoms with Crippen molar-refractivity contribution in [1.29, 1.82) is 0 Å². The van der Waals surface area contributed by atoms with Gasteiger partial charge in [-0.25, -0.2) is 13.6 Å².